The second-order valence-corrected chi connectivity index (χ2v) is 8.51. The Kier molecular flexibility index (Phi) is 7.04. The number of benzene rings is 1. The summed E-state index contributed by atoms with van der Waals surface area (Å²) < 4.78 is 49.0. The van der Waals surface area contributed by atoms with E-state index in [0.717, 1.165) is 12.3 Å². The number of carbonyl (C=O) groups excluding carboxylic acids is 2. The number of anilines is 2. The molecule has 3 heterocycles. The van der Waals surface area contributed by atoms with Crippen LogP contribution in [0.15, 0.2) is 36.5 Å². The summed E-state index contributed by atoms with van der Waals surface area (Å²) in [6.45, 7) is 2.21. The van der Waals surface area contributed by atoms with Gasteiger partial charge in [-0.1, -0.05) is 0 Å². The van der Waals surface area contributed by atoms with Crippen LogP contribution >= 0.6 is 0 Å². The van der Waals surface area contributed by atoms with E-state index < -0.39 is 17.7 Å². The van der Waals surface area contributed by atoms with Gasteiger partial charge in [0.1, 0.15) is 5.82 Å². The molecule has 0 saturated carbocycles. The van der Waals surface area contributed by atoms with Gasteiger partial charge in [0.25, 0.3) is 0 Å². The van der Waals surface area contributed by atoms with Crippen molar-refractivity contribution >= 4 is 23.3 Å². The van der Waals surface area contributed by atoms with Gasteiger partial charge in [-0.05, 0) is 30.7 Å². The molecular weight excluding hydrogens is 465 g/mol. The van der Waals surface area contributed by atoms with Crippen LogP contribution in [0.4, 0.5) is 24.7 Å². The standard InChI is InChI=1S/C24H27F3N4O4/c1-34-19-6-5-18(13-20(19)35-2)31-15-16(12-22(31)32)23(33)30-9-3-8-29(10-11-30)21-7-4-17(14-28-21)24(25,26)27/h4-7,13-14,16H,3,8-12,15H2,1-2H3. The SMILES string of the molecule is COc1ccc(N2CC(C(=O)N3CCCN(c4ccc(C(F)(F)F)cn4)CC3)CC2=O)cc1OC. The number of carbonyl (C=O) groups is 2. The largest absolute Gasteiger partial charge is 0.493 e. The minimum Gasteiger partial charge on any atom is -0.493 e. The van der Waals surface area contributed by atoms with Crippen molar-refractivity contribution in [1.82, 2.24) is 9.88 Å². The van der Waals surface area contributed by atoms with Crippen molar-refractivity contribution < 1.29 is 32.2 Å². The molecule has 2 aliphatic rings. The van der Waals surface area contributed by atoms with Crippen molar-refractivity contribution in [3.05, 3.63) is 42.1 Å². The number of alkyl halides is 3. The van der Waals surface area contributed by atoms with E-state index >= 15 is 0 Å². The first-order valence-electron chi connectivity index (χ1n) is 11.3. The molecule has 2 saturated heterocycles. The van der Waals surface area contributed by atoms with Crippen LogP contribution in [-0.2, 0) is 15.8 Å². The van der Waals surface area contributed by atoms with Crippen molar-refractivity contribution in [2.75, 3.05) is 56.7 Å². The van der Waals surface area contributed by atoms with Crippen molar-refractivity contribution in [3.63, 3.8) is 0 Å². The normalized spacial score (nSPS) is 19.1. The van der Waals surface area contributed by atoms with Gasteiger partial charge in [-0.2, -0.15) is 13.2 Å². The molecule has 1 unspecified atom stereocenters. The van der Waals surface area contributed by atoms with Crippen LogP contribution < -0.4 is 19.3 Å². The first-order valence-corrected chi connectivity index (χ1v) is 11.3. The number of hydrogen-bond acceptors (Lipinski definition) is 6. The molecule has 2 aromatic rings. The van der Waals surface area contributed by atoms with Crippen LogP contribution in [-0.4, -0.2) is 68.6 Å². The number of ether oxygens (including phenoxy) is 2. The highest BCUT2D eigenvalue weighted by molar-refractivity contribution is 6.00. The average molecular weight is 492 g/mol. The van der Waals surface area contributed by atoms with Gasteiger partial charge in [-0.25, -0.2) is 4.98 Å². The topological polar surface area (TPSA) is 75.2 Å². The first kappa shape index (κ1) is 24.6. The number of hydrogen-bond donors (Lipinski definition) is 0. The quantitative estimate of drug-likeness (QED) is 0.638. The Morgan fingerprint density at radius 2 is 1.80 bits per heavy atom. The third-order valence-corrected chi connectivity index (χ3v) is 6.36. The van der Waals surface area contributed by atoms with Crippen LogP contribution in [0, 0.1) is 5.92 Å². The smallest absolute Gasteiger partial charge is 0.417 e. The van der Waals surface area contributed by atoms with E-state index in [9.17, 15) is 22.8 Å². The van der Waals surface area contributed by atoms with E-state index in [1.54, 1.807) is 28.0 Å². The molecular formula is C24H27F3N4O4. The molecule has 1 atom stereocenters. The summed E-state index contributed by atoms with van der Waals surface area (Å²) in [7, 11) is 3.05. The Morgan fingerprint density at radius 1 is 1.03 bits per heavy atom. The summed E-state index contributed by atoms with van der Waals surface area (Å²) >= 11 is 0. The molecule has 2 fully saturated rings. The lowest BCUT2D eigenvalue weighted by Gasteiger charge is -2.25. The maximum absolute atomic E-state index is 13.2. The van der Waals surface area contributed by atoms with Gasteiger partial charge in [0.05, 0.1) is 25.7 Å². The summed E-state index contributed by atoms with van der Waals surface area (Å²) in [6.07, 6.45) is -2.84. The lowest BCUT2D eigenvalue weighted by molar-refractivity contribution is -0.138. The Morgan fingerprint density at radius 3 is 2.46 bits per heavy atom. The maximum atomic E-state index is 13.2. The van der Waals surface area contributed by atoms with Crippen molar-refractivity contribution in [1.29, 1.82) is 0 Å². The number of nitrogens with zero attached hydrogens (tertiary/aromatic N) is 4. The summed E-state index contributed by atoms with van der Waals surface area (Å²) in [6, 6.07) is 7.56. The number of methoxy groups -OCH3 is 2. The second kappa shape index (κ2) is 10.0. The van der Waals surface area contributed by atoms with Gasteiger partial charge in [0.15, 0.2) is 11.5 Å². The minimum atomic E-state index is -4.43. The highest BCUT2D eigenvalue weighted by Crippen LogP contribution is 2.34. The molecule has 2 amide bonds. The Labute approximate surface area is 201 Å². The fourth-order valence-corrected chi connectivity index (χ4v) is 4.48. The summed E-state index contributed by atoms with van der Waals surface area (Å²) in [4.78, 5) is 35.1. The molecule has 8 nitrogen and oxygen atoms in total. The molecule has 0 spiro atoms. The highest BCUT2D eigenvalue weighted by atomic mass is 19.4. The van der Waals surface area contributed by atoms with E-state index in [-0.39, 0.29) is 24.8 Å². The zero-order chi connectivity index (χ0) is 25.2. The van der Waals surface area contributed by atoms with Crippen molar-refractivity contribution in [3.8, 4) is 11.5 Å². The number of halogens is 3. The van der Waals surface area contributed by atoms with Gasteiger partial charge >= 0.3 is 6.18 Å². The zero-order valence-corrected chi connectivity index (χ0v) is 19.5. The van der Waals surface area contributed by atoms with Crippen LogP contribution in [0.25, 0.3) is 0 Å². The Hall–Kier alpha value is -3.50. The predicted octanol–water partition coefficient (Wildman–Crippen LogP) is 3.21. The van der Waals surface area contributed by atoms with Crippen molar-refractivity contribution in [2.24, 2.45) is 5.92 Å². The first-order chi connectivity index (χ1) is 16.7. The molecule has 4 rings (SSSR count). The van der Waals surface area contributed by atoms with Crippen LogP contribution in [0.2, 0.25) is 0 Å². The summed E-state index contributed by atoms with van der Waals surface area (Å²) in [5.74, 6) is 0.795. The van der Waals surface area contributed by atoms with Crippen molar-refractivity contribution in [2.45, 2.75) is 19.0 Å². The Bertz CT molecular complexity index is 1080. The second-order valence-electron chi connectivity index (χ2n) is 8.51. The molecule has 188 valence electrons. The van der Waals surface area contributed by atoms with Gasteiger partial charge in [-0.15, -0.1) is 0 Å². The number of amides is 2. The zero-order valence-electron chi connectivity index (χ0n) is 19.5. The third-order valence-electron chi connectivity index (χ3n) is 6.36. The molecule has 0 aliphatic carbocycles. The molecule has 1 aromatic carbocycles. The van der Waals surface area contributed by atoms with Crippen LogP contribution in [0.3, 0.4) is 0 Å². The summed E-state index contributed by atoms with van der Waals surface area (Å²) in [5, 5.41) is 0. The lowest BCUT2D eigenvalue weighted by atomic mass is 10.1. The lowest BCUT2D eigenvalue weighted by Crippen LogP contribution is -2.40. The van der Waals surface area contributed by atoms with E-state index in [1.807, 2.05) is 4.90 Å². The average Bonchev–Trinajstić information content (AvgIpc) is 3.07. The minimum absolute atomic E-state index is 0.0939. The van der Waals surface area contributed by atoms with E-state index in [4.69, 9.17) is 9.47 Å². The molecule has 0 N–H and O–H groups in total. The molecule has 0 bridgehead atoms. The molecule has 2 aliphatic heterocycles. The number of pyridine rings is 1. The number of rotatable bonds is 5. The fourth-order valence-electron chi connectivity index (χ4n) is 4.48. The van der Waals surface area contributed by atoms with E-state index in [2.05, 4.69) is 4.98 Å². The van der Waals surface area contributed by atoms with Gasteiger partial charge in [0, 0.05) is 57.1 Å². The van der Waals surface area contributed by atoms with E-state index in [1.165, 1.54) is 20.3 Å². The molecule has 11 heteroatoms. The van der Waals surface area contributed by atoms with Gasteiger partial charge < -0.3 is 24.2 Å². The highest BCUT2D eigenvalue weighted by Gasteiger charge is 2.38. The van der Waals surface area contributed by atoms with Gasteiger partial charge in [0.2, 0.25) is 11.8 Å². The molecule has 35 heavy (non-hydrogen) atoms. The molecule has 1 aromatic heterocycles. The monoisotopic (exact) mass is 492 g/mol. The summed E-state index contributed by atoms with van der Waals surface area (Å²) in [5.41, 5.74) is -0.156. The van der Waals surface area contributed by atoms with Gasteiger partial charge in [-0.3, -0.25) is 9.59 Å². The van der Waals surface area contributed by atoms with Crippen LogP contribution in [0.1, 0.15) is 18.4 Å². The third kappa shape index (κ3) is 5.28. The fraction of sp³-hybridized carbons (Fsp3) is 0.458. The van der Waals surface area contributed by atoms with Crippen LogP contribution in [0.5, 0.6) is 11.5 Å². The molecule has 0 radical (unpaired) electrons. The number of aromatic nitrogens is 1. The van der Waals surface area contributed by atoms with E-state index in [0.29, 0.717) is 55.6 Å². The predicted molar refractivity (Wildman–Crippen MR) is 123 cm³/mol. The maximum Gasteiger partial charge on any atom is 0.417 e. The Balaban J connectivity index is 1.39.